The van der Waals surface area contributed by atoms with Crippen LogP contribution in [0.4, 0.5) is 5.69 Å². The van der Waals surface area contributed by atoms with Crippen LogP contribution in [0.3, 0.4) is 0 Å². The van der Waals surface area contributed by atoms with Crippen molar-refractivity contribution >= 4 is 29.2 Å². The van der Waals surface area contributed by atoms with Gasteiger partial charge in [-0.05, 0) is 30.3 Å². The average Bonchev–Trinajstić information content (AvgIpc) is 2.92. The number of benzene rings is 1. The molecular formula is C14H13ClN2O4. The van der Waals surface area contributed by atoms with E-state index < -0.39 is 18.4 Å². The van der Waals surface area contributed by atoms with E-state index in [1.54, 1.807) is 24.3 Å². The quantitative estimate of drug-likeness (QED) is 0.882. The molecule has 0 bridgehead atoms. The molecule has 2 aromatic rings. The molecule has 0 unspecified atom stereocenters. The number of hydrogen-bond acceptors (Lipinski definition) is 4. The van der Waals surface area contributed by atoms with Crippen molar-refractivity contribution in [2.45, 2.75) is 6.54 Å². The Kier molecular flexibility index (Phi) is 4.62. The van der Waals surface area contributed by atoms with Crippen LogP contribution in [0.1, 0.15) is 16.3 Å². The van der Waals surface area contributed by atoms with E-state index >= 15 is 0 Å². The Bertz CT molecular complexity index is 668. The Morgan fingerprint density at radius 2 is 2.05 bits per heavy atom. The molecule has 2 rings (SSSR count). The summed E-state index contributed by atoms with van der Waals surface area (Å²) in [5, 5.41) is 9.38. The van der Waals surface area contributed by atoms with Crippen molar-refractivity contribution in [2.24, 2.45) is 5.73 Å². The third kappa shape index (κ3) is 3.62. The van der Waals surface area contributed by atoms with E-state index in [2.05, 4.69) is 0 Å². The summed E-state index contributed by atoms with van der Waals surface area (Å²) in [6, 6.07) is 9.41. The van der Waals surface area contributed by atoms with E-state index in [9.17, 15) is 9.59 Å². The summed E-state index contributed by atoms with van der Waals surface area (Å²) in [4.78, 5) is 24.5. The number of carboxylic acids is 1. The standard InChI is InChI=1S/C14H13ClN2O4/c15-9-2-1-3-10(6-9)17(8-13(18)19)14(20)12-5-4-11(7-16)21-12/h1-6H,7-8,16H2,(H,18,19). The maximum absolute atomic E-state index is 12.4. The lowest BCUT2D eigenvalue weighted by molar-refractivity contribution is -0.135. The Labute approximate surface area is 125 Å². The Morgan fingerprint density at radius 1 is 1.29 bits per heavy atom. The van der Waals surface area contributed by atoms with Crippen molar-refractivity contribution in [3.8, 4) is 0 Å². The molecular weight excluding hydrogens is 296 g/mol. The van der Waals surface area contributed by atoms with Crippen molar-refractivity contribution in [3.63, 3.8) is 0 Å². The van der Waals surface area contributed by atoms with Crippen molar-refractivity contribution in [1.82, 2.24) is 0 Å². The van der Waals surface area contributed by atoms with Gasteiger partial charge in [-0.15, -0.1) is 0 Å². The van der Waals surface area contributed by atoms with Gasteiger partial charge in [-0.2, -0.15) is 0 Å². The van der Waals surface area contributed by atoms with Crippen LogP contribution in [0.15, 0.2) is 40.8 Å². The number of anilines is 1. The maximum atomic E-state index is 12.4. The Balaban J connectivity index is 2.35. The highest BCUT2D eigenvalue weighted by molar-refractivity contribution is 6.31. The summed E-state index contributed by atoms with van der Waals surface area (Å²) < 4.78 is 5.27. The minimum absolute atomic E-state index is 0.0247. The van der Waals surface area contributed by atoms with Crippen LogP contribution >= 0.6 is 11.6 Å². The van der Waals surface area contributed by atoms with Gasteiger partial charge in [-0.1, -0.05) is 17.7 Å². The summed E-state index contributed by atoms with van der Waals surface area (Å²) in [6.45, 7) is -0.346. The predicted molar refractivity (Wildman–Crippen MR) is 77.4 cm³/mol. The number of aliphatic carboxylic acids is 1. The second kappa shape index (κ2) is 6.43. The van der Waals surface area contributed by atoms with E-state index in [1.807, 2.05) is 0 Å². The molecule has 1 amide bonds. The first kappa shape index (κ1) is 15.1. The SMILES string of the molecule is NCc1ccc(C(=O)N(CC(=O)O)c2cccc(Cl)c2)o1. The zero-order valence-corrected chi connectivity index (χ0v) is 11.7. The number of carboxylic acid groups (broad SMARTS) is 1. The van der Waals surface area contributed by atoms with Crippen LogP contribution in [0.2, 0.25) is 5.02 Å². The molecule has 1 aromatic heterocycles. The molecule has 0 aliphatic heterocycles. The van der Waals surface area contributed by atoms with Crippen LogP contribution in [0, 0.1) is 0 Å². The van der Waals surface area contributed by atoms with Crippen molar-refractivity contribution in [1.29, 1.82) is 0 Å². The molecule has 0 atom stereocenters. The smallest absolute Gasteiger partial charge is 0.323 e. The summed E-state index contributed by atoms with van der Waals surface area (Å²) in [7, 11) is 0. The Morgan fingerprint density at radius 3 is 2.62 bits per heavy atom. The van der Waals surface area contributed by atoms with Crippen LogP contribution in [0.5, 0.6) is 0 Å². The third-order valence-electron chi connectivity index (χ3n) is 2.73. The van der Waals surface area contributed by atoms with Gasteiger partial charge >= 0.3 is 5.97 Å². The van der Waals surface area contributed by atoms with Gasteiger partial charge < -0.3 is 15.3 Å². The number of carbonyl (C=O) groups is 2. The molecule has 0 spiro atoms. The number of hydrogen-bond donors (Lipinski definition) is 2. The predicted octanol–water partition coefficient (Wildman–Crippen LogP) is 2.12. The average molecular weight is 309 g/mol. The number of furan rings is 1. The van der Waals surface area contributed by atoms with Gasteiger partial charge in [-0.3, -0.25) is 14.5 Å². The molecule has 1 aromatic carbocycles. The fourth-order valence-corrected chi connectivity index (χ4v) is 1.98. The van der Waals surface area contributed by atoms with Crippen LogP contribution in [-0.4, -0.2) is 23.5 Å². The molecule has 110 valence electrons. The van der Waals surface area contributed by atoms with Crippen LogP contribution in [-0.2, 0) is 11.3 Å². The zero-order valence-electron chi connectivity index (χ0n) is 11.0. The molecule has 0 aliphatic rings. The monoisotopic (exact) mass is 308 g/mol. The maximum Gasteiger partial charge on any atom is 0.323 e. The summed E-state index contributed by atoms with van der Waals surface area (Å²) in [5.41, 5.74) is 5.80. The Hall–Kier alpha value is -2.31. The molecule has 0 radical (unpaired) electrons. The highest BCUT2D eigenvalue weighted by Gasteiger charge is 2.23. The summed E-state index contributed by atoms with van der Waals surface area (Å²) in [6.07, 6.45) is 0. The van der Waals surface area contributed by atoms with Gasteiger partial charge in [0.25, 0.3) is 5.91 Å². The van der Waals surface area contributed by atoms with E-state index in [-0.39, 0.29) is 12.3 Å². The molecule has 0 saturated carbocycles. The number of nitrogens with zero attached hydrogens (tertiary/aromatic N) is 1. The van der Waals surface area contributed by atoms with E-state index in [4.69, 9.17) is 26.9 Å². The van der Waals surface area contributed by atoms with E-state index in [1.165, 1.54) is 12.1 Å². The second-order valence-electron chi connectivity index (χ2n) is 4.23. The molecule has 7 heteroatoms. The highest BCUT2D eigenvalue weighted by Crippen LogP contribution is 2.22. The molecule has 0 fully saturated rings. The molecule has 3 N–H and O–H groups in total. The first-order chi connectivity index (χ1) is 10.0. The molecule has 21 heavy (non-hydrogen) atoms. The van der Waals surface area contributed by atoms with Crippen molar-refractivity contribution < 1.29 is 19.1 Å². The van der Waals surface area contributed by atoms with Gasteiger partial charge in [0, 0.05) is 10.7 Å². The third-order valence-corrected chi connectivity index (χ3v) is 2.97. The topological polar surface area (TPSA) is 96.8 Å². The zero-order chi connectivity index (χ0) is 15.4. The molecule has 1 heterocycles. The molecule has 0 aliphatic carbocycles. The number of rotatable bonds is 5. The van der Waals surface area contributed by atoms with Gasteiger partial charge in [0.1, 0.15) is 12.3 Å². The first-order valence-corrected chi connectivity index (χ1v) is 6.47. The number of amides is 1. The van der Waals surface area contributed by atoms with Crippen molar-refractivity contribution in [2.75, 3.05) is 11.4 Å². The number of nitrogens with two attached hydrogens (primary N) is 1. The van der Waals surface area contributed by atoms with Gasteiger partial charge in [0.05, 0.1) is 6.54 Å². The lowest BCUT2D eigenvalue weighted by Gasteiger charge is -2.19. The van der Waals surface area contributed by atoms with Crippen LogP contribution < -0.4 is 10.6 Å². The van der Waals surface area contributed by atoms with Gasteiger partial charge in [-0.25, -0.2) is 0 Å². The lowest BCUT2D eigenvalue weighted by Crippen LogP contribution is -2.35. The first-order valence-electron chi connectivity index (χ1n) is 6.09. The number of carbonyl (C=O) groups excluding carboxylic acids is 1. The normalized spacial score (nSPS) is 10.4. The van der Waals surface area contributed by atoms with Crippen molar-refractivity contribution in [3.05, 3.63) is 52.9 Å². The fraction of sp³-hybridized carbons (Fsp3) is 0.143. The second-order valence-corrected chi connectivity index (χ2v) is 4.67. The molecule has 6 nitrogen and oxygen atoms in total. The lowest BCUT2D eigenvalue weighted by atomic mass is 10.2. The van der Waals surface area contributed by atoms with E-state index in [0.717, 1.165) is 4.90 Å². The molecule has 0 saturated heterocycles. The summed E-state index contributed by atoms with van der Waals surface area (Å²) in [5.74, 6) is -1.25. The van der Waals surface area contributed by atoms with Gasteiger partial charge in [0.15, 0.2) is 5.76 Å². The summed E-state index contributed by atoms with van der Waals surface area (Å²) >= 11 is 5.88. The van der Waals surface area contributed by atoms with Gasteiger partial charge in [0.2, 0.25) is 0 Å². The number of halogens is 1. The highest BCUT2D eigenvalue weighted by atomic mass is 35.5. The largest absolute Gasteiger partial charge is 0.480 e. The fourth-order valence-electron chi connectivity index (χ4n) is 1.80. The minimum atomic E-state index is -1.14. The van der Waals surface area contributed by atoms with E-state index in [0.29, 0.717) is 16.5 Å². The minimum Gasteiger partial charge on any atom is -0.480 e. The van der Waals surface area contributed by atoms with Crippen LogP contribution in [0.25, 0.3) is 0 Å².